The average molecular weight is 307 g/mol. The van der Waals surface area contributed by atoms with Crippen molar-refractivity contribution >= 4 is 5.91 Å². The van der Waals surface area contributed by atoms with Crippen LogP contribution in [0.25, 0.3) is 0 Å². The summed E-state index contributed by atoms with van der Waals surface area (Å²) in [6.07, 6.45) is 1.94. The van der Waals surface area contributed by atoms with Gasteiger partial charge in [-0.25, -0.2) is 4.39 Å². The molecule has 1 aromatic carbocycles. The summed E-state index contributed by atoms with van der Waals surface area (Å²) in [6, 6.07) is 6.96. The summed E-state index contributed by atoms with van der Waals surface area (Å²) in [4.78, 5) is 14.4. The lowest BCUT2D eigenvalue weighted by Crippen LogP contribution is -2.46. The van der Waals surface area contributed by atoms with E-state index in [9.17, 15) is 9.18 Å². The molecular weight excluding hydrogens is 281 g/mol. The Morgan fingerprint density at radius 2 is 1.95 bits per heavy atom. The second kappa shape index (κ2) is 8.25. The third kappa shape index (κ3) is 5.07. The van der Waals surface area contributed by atoms with E-state index >= 15 is 0 Å². The Hall–Kier alpha value is -1.46. The maximum Gasteiger partial charge on any atom is 0.224 e. The number of nitrogens with zero attached hydrogens (tertiary/aromatic N) is 1. The molecule has 2 rings (SSSR count). The number of benzene rings is 1. The van der Waals surface area contributed by atoms with Gasteiger partial charge in [-0.2, -0.15) is 0 Å². The molecule has 122 valence electrons. The highest BCUT2D eigenvalue weighted by Crippen LogP contribution is 2.14. The molecule has 1 saturated heterocycles. The van der Waals surface area contributed by atoms with Gasteiger partial charge in [0.15, 0.2) is 0 Å². The van der Waals surface area contributed by atoms with Crippen molar-refractivity contribution in [3.05, 3.63) is 35.6 Å². The van der Waals surface area contributed by atoms with Crippen molar-refractivity contribution in [2.24, 2.45) is 5.92 Å². The second-order valence-corrected chi connectivity index (χ2v) is 6.14. The summed E-state index contributed by atoms with van der Waals surface area (Å²) in [7, 11) is 1.86. The number of amides is 1. The van der Waals surface area contributed by atoms with E-state index in [1.807, 2.05) is 26.1 Å². The van der Waals surface area contributed by atoms with Crippen LogP contribution < -0.4 is 10.6 Å². The molecule has 4 nitrogen and oxygen atoms in total. The van der Waals surface area contributed by atoms with Crippen LogP contribution in [-0.4, -0.2) is 43.5 Å². The van der Waals surface area contributed by atoms with Crippen molar-refractivity contribution in [3.63, 3.8) is 0 Å². The molecule has 1 aliphatic rings. The van der Waals surface area contributed by atoms with Crippen molar-refractivity contribution < 1.29 is 9.18 Å². The van der Waals surface area contributed by atoms with Crippen molar-refractivity contribution in [3.8, 4) is 0 Å². The predicted molar refractivity (Wildman–Crippen MR) is 85.9 cm³/mol. The molecule has 1 atom stereocenters. The minimum atomic E-state index is -0.194. The Bertz CT molecular complexity index is 469. The molecular formula is C17H26FN3O. The van der Waals surface area contributed by atoms with Gasteiger partial charge in [-0.15, -0.1) is 0 Å². The van der Waals surface area contributed by atoms with Gasteiger partial charge in [0.25, 0.3) is 0 Å². The number of carbonyl (C=O) groups excluding carboxylic acids is 1. The standard InChI is InChI=1S/C17H26FN3O/c1-13(11-19-2)17(22)20-16-7-9-21(10-8-16)12-14-3-5-15(18)6-4-14/h3-6,13,16,19H,7-12H2,1-2H3,(H,20,22). The number of hydrogen-bond acceptors (Lipinski definition) is 3. The first kappa shape index (κ1) is 16.9. The van der Waals surface area contributed by atoms with Crippen molar-refractivity contribution in [1.82, 2.24) is 15.5 Å². The maximum atomic E-state index is 12.9. The molecule has 0 bridgehead atoms. The molecule has 1 fully saturated rings. The van der Waals surface area contributed by atoms with E-state index in [2.05, 4.69) is 15.5 Å². The minimum Gasteiger partial charge on any atom is -0.353 e. The lowest BCUT2D eigenvalue weighted by molar-refractivity contribution is -0.125. The molecule has 1 aromatic rings. The number of piperidine rings is 1. The van der Waals surface area contributed by atoms with Gasteiger partial charge in [0.05, 0.1) is 0 Å². The van der Waals surface area contributed by atoms with Crippen molar-refractivity contribution in [2.75, 3.05) is 26.7 Å². The number of hydrogen-bond donors (Lipinski definition) is 2. The largest absolute Gasteiger partial charge is 0.353 e. The molecule has 1 aliphatic heterocycles. The van der Waals surface area contributed by atoms with E-state index < -0.39 is 0 Å². The molecule has 0 aliphatic carbocycles. The minimum absolute atomic E-state index is 0.00208. The highest BCUT2D eigenvalue weighted by atomic mass is 19.1. The fourth-order valence-corrected chi connectivity index (χ4v) is 2.83. The molecule has 1 heterocycles. The van der Waals surface area contributed by atoms with E-state index in [4.69, 9.17) is 0 Å². The molecule has 5 heteroatoms. The third-order valence-corrected chi connectivity index (χ3v) is 4.21. The van der Waals surface area contributed by atoms with Gasteiger partial charge in [0.1, 0.15) is 5.82 Å². The summed E-state index contributed by atoms with van der Waals surface area (Å²) in [5.41, 5.74) is 1.13. The predicted octanol–water partition coefficient (Wildman–Crippen LogP) is 1.76. The lowest BCUT2D eigenvalue weighted by Gasteiger charge is -2.32. The quantitative estimate of drug-likeness (QED) is 0.842. The number of carbonyl (C=O) groups is 1. The summed E-state index contributed by atoms with van der Waals surface area (Å²) in [5.74, 6) is -0.0607. The smallest absolute Gasteiger partial charge is 0.224 e. The zero-order valence-electron chi connectivity index (χ0n) is 13.4. The first-order valence-electron chi connectivity index (χ1n) is 8.00. The summed E-state index contributed by atoms with van der Waals surface area (Å²) >= 11 is 0. The Morgan fingerprint density at radius 3 is 2.55 bits per heavy atom. The molecule has 1 amide bonds. The Kier molecular flexibility index (Phi) is 6.34. The van der Waals surface area contributed by atoms with Crippen LogP contribution in [0.4, 0.5) is 4.39 Å². The zero-order chi connectivity index (χ0) is 15.9. The van der Waals surface area contributed by atoms with Gasteiger partial charge >= 0.3 is 0 Å². The zero-order valence-corrected chi connectivity index (χ0v) is 13.4. The van der Waals surface area contributed by atoms with Gasteiger partial charge in [0.2, 0.25) is 5.91 Å². The first-order chi connectivity index (χ1) is 10.6. The summed E-state index contributed by atoms with van der Waals surface area (Å²) in [5, 5.41) is 6.17. The van der Waals surface area contributed by atoms with Gasteiger partial charge in [-0.05, 0) is 37.6 Å². The molecule has 0 spiro atoms. The van der Waals surface area contributed by atoms with Crippen molar-refractivity contribution in [1.29, 1.82) is 0 Å². The Balaban J connectivity index is 1.73. The molecule has 0 saturated carbocycles. The molecule has 2 N–H and O–H groups in total. The molecule has 1 unspecified atom stereocenters. The summed E-state index contributed by atoms with van der Waals surface area (Å²) < 4.78 is 12.9. The fourth-order valence-electron chi connectivity index (χ4n) is 2.83. The highest BCUT2D eigenvalue weighted by molar-refractivity contribution is 5.78. The first-order valence-corrected chi connectivity index (χ1v) is 8.00. The second-order valence-electron chi connectivity index (χ2n) is 6.14. The molecule has 0 aromatic heterocycles. The topological polar surface area (TPSA) is 44.4 Å². The Labute approximate surface area is 132 Å². The molecule has 22 heavy (non-hydrogen) atoms. The average Bonchev–Trinajstić information content (AvgIpc) is 2.51. The van der Waals surface area contributed by atoms with Crippen LogP contribution in [0, 0.1) is 11.7 Å². The van der Waals surface area contributed by atoms with Gasteiger partial charge < -0.3 is 10.6 Å². The van der Waals surface area contributed by atoms with Crippen LogP contribution in [0.3, 0.4) is 0 Å². The van der Waals surface area contributed by atoms with E-state index in [0.717, 1.165) is 38.0 Å². The SMILES string of the molecule is CNCC(C)C(=O)NC1CCN(Cc2ccc(F)cc2)CC1. The fraction of sp³-hybridized carbons (Fsp3) is 0.588. The van der Waals surface area contributed by atoms with Crippen LogP contribution in [0.15, 0.2) is 24.3 Å². The van der Waals surface area contributed by atoms with E-state index in [1.165, 1.54) is 12.1 Å². The Morgan fingerprint density at radius 1 is 1.32 bits per heavy atom. The third-order valence-electron chi connectivity index (χ3n) is 4.21. The number of likely N-dealkylation sites (tertiary alicyclic amines) is 1. The van der Waals surface area contributed by atoms with Crippen LogP contribution in [0.5, 0.6) is 0 Å². The van der Waals surface area contributed by atoms with Gasteiger partial charge in [-0.3, -0.25) is 9.69 Å². The number of rotatable bonds is 6. The number of halogens is 1. The monoisotopic (exact) mass is 307 g/mol. The van der Waals surface area contributed by atoms with Crippen LogP contribution >= 0.6 is 0 Å². The van der Waals surface area contributed by atoms with Gasteiger partial charge in [-0.1, -0.05) is 19.1 Å². The molecule has 0 radical (unpaired) electrons. The van der Waals surface area contributed by atoms with E-state index in [-0.39, 0.29) is 23.7 Å². The summed E-state index contributed by atoms with van der Waals surface area (Å²) in [6.45, 7) is 5.41. The normalized spacial score (nSPS) is 18.1. The van der Waals surface area contributed by atoms with Crippen LogP contribution in [0.2, 0.25) is 0 Å². The van der Waals surface area contributed by atoms with Crippen LogP contribution in [0.1, 0.15) is 25.3 Å². The van der Waals surface area contributed by atoms with E-state index in [1.54, 1.807) is 0 Å². The maximum absolute atomic E-state index is 12.9. The lowest BCUT2D eigenvalue weighted by atomic mass is 10.0. The van der Waals surface area contributed by atoms with E-state index in [0.29, 0.717) is 6.54 Å². The van der Waals surface area contributed by atoms with Crippen molar-refractivity contribution in [2.45, 2.75) is 32.4 Å². The van der Waals surface area contributed by atoms with Crippen LogP contribution in [-0.2, 0) is 11.3 Å². The van der Waals surface area contributed by atoms with Gasteiger partial charge in [0, 0.05) is 38.1 Å². The highest BCUT2D eigenvalue weighted by Gasteiger charge is 2.22. The number of nitrogens with one attached hydrogen (secondary N) is 2.